The molecule has 2 aliphatic carbocycles. The number of non-ortho nitro benzene ring substituents is 1. The first-order chi connectivity index (χ1) is 10.2. The Labute approximate surface area is 129 Å². The smallest absolute Gasteiger partial charge is 0.269 e. The van der Waals surface area contributed by atoms with E-state index in [1.807, 2.05) is 13.8 Å². The number of rotatable bonds is 3. The molecule has 0 aliphatic heterocycles. The van der Waals surface area contributed by atoms with Gasteiger partial charge in [-0.3, -0.25) is 14.9 Å². The summed E-state index contributed by atoms with van der Waals surface area (Å²) in [7, 11) is 0. The van der Waals surface area contributed by atoms with Crippen LogP contribution in [-0.4, -0.2) is 10.7 Å². The number of fused-ring (bicyclic) bond motifs is 1. The van der Waals surface area contributed by atoms with E-state index in [1.54, 1.807) is 12.1 Å². The van der Waals surface area contributed by atoms with Gasteiger partial charge in [0.2, 0.25) is 0 Å². The van der Waals surface area contributed by atoms with Gasteiger partial charge in [-0.15, -0.1) is 0 Å². The van der Waals surface area contributed by atoms with Gasteiger partial charge in [-0.2, -0.15) is 0 Å². The maximum absolute atomic E-state index is 12.2. The molecular weight excluding hydrogens is 280 g/mol. The number of hydrogen-bond donors (Lipinski definition) is 1. The molecule has 0 amide bonds. The number of allylic oxidation sites excluding steroid dienone is 2. The lowest BCUT2D eigenvalue weighted by Gasteiger charge is -2.15. The number of Topliss-reactive ketones (excluding diaryl/α,β-unsaturated/α-hetero) is 1. The number of nitrogens with zero attached hydrogens (tertiary/aromatic N) is 1. The number of aryl methyl sites for hydroxylation is 1. The third-order valence-electron chi connectivity index (χ3n) is 5.21. The minimum Gasteiger partial charge on any atom is -0.359 e. The molecule has 22 heavy (non-hydrogen) atoms. The maximum Gasteiger partial charge on any atom is 0.269 e. The second-order valence-corrected chi connectivity index (χ2v) is 6.95. The Balaban J connectivity index is 1.88. The number of hydrogen-bond acceptors (Lipinski definition) is 4. The Morgan fingerprint density at radius 3 is 2.64 bits per heavy atom. The Hall–Kier alpha value is -2.17. The molecule has 5 nitrogen and oxygen atoms in total. The maximum atomic E-state index is 12.2. The average molecular weight is 300 g/mol. The highest BCUT2D eigenvalue weighted by atomic mass is 16.6. The van der Waals surface area contributed by atoms with Gasteiger partial charge in [-0.25, -0.2) is 0 Å². The third kappa shape index (κ3) is 2.12. The molecule has 0 radical (unpaired) electrons. The average Bonchev–Trinajstić information content (AvgIpc) is 2.80. The molecule has 1 aromatic rings. The Bertz CT molecular complexity index is 719. The lowest BCUT2D eigenvalue weighted by atomic mass is 9.95. The van der Waals surface area contributed by atoms with Crippen LogP contribution in [0.5, 0.6) is 0 Å². The van der Waals surface area contributed by atoms with Crippen molar-refractivity contribution in [2.45, 2.75) is 34.1 Å². The summed E-state index contributed by atoms with van der Waals surface area (Å²) in [5, 5.41) is 14.1. The van der Waals surface area contributed by atoms with E-state index in [0.717, 1.165) is 22.5 Å². The van der Waals surface area contributed by atoms with Crippen molar-refractivity contribution < 1.29 is 9.72 Å². The first kappa shape index (κ1) is 14.8. The van der Waals surface area contributed by atoms with Crippen LogP contribution in [0.25, 0.3) is 0 Å². The number of nitro benzene ring substituents is 1. The molecule has 5 heteroatoms. The highest BCUT2D eigenvalue weighted by molar-refractivity contribution is 6.01. The van der Waals surface area contributed by atoms with Crippen LogP contribution in [0, 0.1) is 34.3 Å². The first-order valence-corrected chi connectivity index (χ1v) is 7.49. The molecule has 3 rings (SSSR count). The molecule has 0 aromatic heterocycles. The van der Waals surface area contributed by atoms with E-state index in [-0.39, 0.29) is 16.9 Å². The minimum absolute atomic E-state index is 0.0775. The van der Waals surface area contributed by atoms with E-state index in [9.17, 15) is 14.9 Å². The van der Waals surface area contributed by atoms with Crippen molar-refractivity contribution in [1.82, 2.24) is 0 Å². The quantitative estimate of drug-likeness (QED) is 0.523. The molecule has 2 aliphatic rings. The summed E-state index contributed by atoms with van der Waals surface area (Å²) in [6, 6.07) is 4.72. The van der Waals surface area contributed by atoms with Crippen molar-refractivity contribution in [2.75, 3.05) is 5.32 Å². The summed E-state index contributed by atoms with van der Waals surface area (Å²) in [5.74, 6) is 1.06. The van der Waals surface area contributed by atoms with Gasteiger partial charge in [0.05, 0.1) is 4.92 Å². The fourth-order valence-electron chi connectivity index (χ4n) is 3.79. The summed E-state index contributed by atoms with van der Waals surface area (Å²) >= 11 is 0. The van der Waals surface area contributed by atoms with Gasteiger partial charge >= 0.3 is 0 Å². The summed E-state index contributed by atoms with van der Waals surface area (Å²) in [4.78, 5) is 22.6. The van der Waals surface area contributed by atoms with E-state index in [1.165, 1.54) is 6.07 Å². The predicted octanol–water partition coefficient (Wildman–Crippen LogP) is 3.83. The molecule has 0 spiro atoms. The minimum atomic E-state index is -0.403. The van der Waals surface area contributed by atoms with Crippen molar-refractivity contribution in [3.05, 3.63) is 45.1 Å². The van der Waals surface area contributed by atoms with Gasteiger partial charge in [-0.05, 0) is 42.7 Å². The fourth-order valence-corrected chi connectivity index (χ4v) is 3.79. The number of carbonyl (C=O) groups is 1. The molecule has 2 fully saturated rings. The van der Waals surface area contributed by atoms with Crippen LogP contribution in [0.2, 0.25) is 0 Å². The third-order valence-corrected chi connectivity index (χ3v) is 5.21. The van der Waals surface area contributed by atoms with Gasteiger partial charge in [0.15, 0.2) is 5.78 Å². The van der Waals surface area contributed by atoms with Crippen LogP contribution in [0.4, 0.5) is 11.4 Å². The summed E-state index contributed by atoms with van der Waals surface area (Å²) in [6.07, 6.45) is 0.644. The van der Waals surface area contributed by atoms with E-state index in [4.69, 9.17) is 0 Å². The van der Waals surface area contributed by atoms with Crippen molar-refractivity contribution in [1.29, 1.82) is 0 Å². The van der Waals surface area contributed by atoms with Crippen molar-refractivity contribution in [2.24, 2.45) is 17.3 Å². The highest BCUT2D eigenvalue weighted by Crippen LogP contribution is 2.68. The molecule has 2 atom stereocenters. The summed E-state index contributed by atoms with van der Waals surface area (Å²) in [5.41, 5.74) is 3.69. The topological polar surface area (TPSA) is 72.2 Å². The van der Waals surface area contributed by atoms with Crippen LogP contribution in [0.15, 0.2) is 29.5 Å². The molecule has 0 heterocycles. The number of nitro groups is 1. The number of nitrogens with one attached hydrogen (secondary N) is 1. The second-order valence-electron chi connectivity index (χ2n) is 6.95. The van der Waals surface area contributed by atoms with Gasteiger partial charge in [-0.1, -0.05) is 13.8 Å². The monoisotopic (exact) mass is 300 g/mol. The number of carbonyl (C=O) groups excluding carboxylic acids is 1. The van der Waals surface area contributed by atoms with Crippen LogP contribution >= 0.6 is 0 Å². The second kappa shape index (κ2) is 4.66. The van der Waals surface area contributed by atoms with E-state index < -0.39 is 4.92 Å². The van der Waals surface area contributed by atoms with Crippen LogP contribution in [0.3, 0.4) is 0 Å². The lowest BCUT2D eigenvalue weighted by molar-refractivity contribution is -0.384. The predicted molar refractivity (Wildman–Crippen MR) is 84.5 cm³/mol. The molecule has 1 N–H and O–H groups in total. The number of ketones is 1. The van der Waals surface area contributed by atoms with E-state index >= 15 is 0 Å². The zero-order valence-corrected chi connectivity index (χ0v) is 13.3. The van der Waals surface area contributed by atoms with Gasteiger partial charge < -0.3 is 5.32 Å². The standard InChI is InChI=1S/C17H20N2O3/c1-9-7-11(19(21)22)5-6-13(9)18-10(2)15-14(20)8-12-16(15)17(12,3)4/h5-7,12,16,18H,8H2,1-4H3. The Morgan fingerprint density at radius 1 is 1.41 bits per heavy atom. The van der Waals surface area contributed by atoms with Gasteiger partial charge in [0, 0.05) is 35.5 Å². The molecular formula is C17H20N2O3. The molecule has 116 valence electrons. The van der Waals surface area contributed by atoms with Crippen LogP contribution in [0.1, 0.15) is 32.8 Å². The number of benzene rings is 1. The normalized spacial score (nSPS) is 27.4. The van der Waals surface area contributed by atoms with E-state index in [2.05, 4.69) is 19.2 Å². The van der Waals surface area contributed by atoms with Crippen LogP contribution < -0.4 is 5.32 Å². The highest BCUT2D eigenvalue weighted by Gasteiger charge is 2.65. The lowest BCUT2D eigenvalue weighted by Crippen LogP contribution is -2.12. The summed E-state index contributed by atoms with van der Waals surface area (Å²) in [6.45, 7) is 8.16. The summed E-state index contributed by atoms with van der Waals surface area (Å²) < 4.78 is 0. The molecule has 0 bridgehead atoms. The zero-order valence-electron chi connectivity index (χ0n) is 13.3. The van der Waals surface area contributed by atoms with Crippen molar-refractivity contribution >= 4 is 17.2 Å². The van der Waals surface area contributed by atoms with Crippen LogP contribution in [-0.2, 0) is 4.79 Å². The van der Waals surface area contributed by atoms with Crippen molar-refractivity contribution in [3.63, 3.8) is 0 Å². The van der Waals surface area contributed by atoms with E-state index in [0.29, 0.717) is 18.3 Å². The first-order valence-electron chi connectivity index (χ1n) is 7.49. The van der Waals surface area contributed by atoms with Gasteiger partial charge in [0.1, 0.15) is 0 Å². The molecule has 2 saturated carbocycles. The Kier molecular flexibility index (Phi) is 3.13. The fraction of sp³-hybridized carbons (Fsp3) is 0.471. The molecule has 2 unspecified atom stereocenters. The molecule has 1 aromatic carbocycles. The number of anilines is 1. The molecule has 0 saturated heterocycles. The van der Waals surface area contributed by atoms with Gasteiger partial charge in [0.25, 0.3) is 5.69 Å². The van der Waals surface area contributed by atoms with Crippen molar-refractivity contribution in [3.8, 4) is 0 Å². The SMILES string of the molecule is CC(Nc1ccc([N+](=O)[O-])cc1C)=C1C(=O)CC2C1C2(C)C. The largest absolute Gasteiger partial charge is 0.359 e. The Morgan fingerprint density at radius 2 is 2.09 bits per heavy atom. The zero-order chi connectivity index (χ0) is 16.2.